The van der Waals surface area contributed by atoms with Gasteiger partial charge in [-0.25, -0.2) is 9.78 Å². The van der Waals surface area contributed by atoms with Crippen LogP contribution in [0, 0.1) is 5.92 Å². The molecule has 3 N–H and O–H groups in total. The van der Waals surface area contributed by atoms with Crippen LogP contribution in [0.15, 0.2) is 12.3 Å². The summed E-state index contributed by atoms with van der Waals surface area (Å²) in [5.74, 6) is 0.541. The van der Waals surface area contributed by atoms with E-state index in [0.717, 1.165) is 0 Å². The summed E-state index contributed by atoms with van der Waals surface area (Å²) in [6.07, 6.45) is 1.53. The first-order valence-corrected chi connectivity index (χ1v) is 6.14. The Morgan fingerprint density at radius 2 is 2.17 bits per heavy atom. The van der Waals surface area contributed by atoms with Gasteiger partial charge in [-0.05, 0) is 25.8 Å². The Morgan fingerprint density at radius 1 is 1.50 bits per heavy atom. The number of nitrogens with zero attached hydrogens (tertiary/aromatic N) is 1. The van der Waals surface area contributed by atoms with Crippen LogP contribution < -0.4 is 11.1 Å². The Hall–Kier alpha value is -1.78. The first kappa shape index (κ1) is 14.3. The van der Waals surface area contributed by atoms with E-state index in [2.05, 4.69) is 24.1 Å². The lowest BCUT2D eigenvalue weighted by molar-refractivity contribution is 0.0527. The zero-order chi connectivity index (χ0) is 13.7. The number of rotatable bonds is 5. The summed E-state index contributed by atoms with van der Waals surface area (Å²) in [7, 11) is 0. The maximum atomic E-state index is 11.8. The van der Waals surface area contributed by atoms with Crippen LogP contribution in [0.3, 0.4) is 0 Å². The van der Waals surface area contributed by atoms with E-state index < -0.39 is 5.97 Å². The normalized spacial score (nSPS) is 12.3. The second-order valence-corrected chi connectivity index (χ2v) is 4.56. The zero-order valence-electron chi connectivity index (χ0n) is 11.4. The number of nitrogens with two attached hydrogens (primary N) is 1. The molecule has 0 aliphatic heterocycles. The highest BCUT2D eigenvalue weighted by Gasteiger charge is 2.17. The molecule has 5 nitrogen and oxygen atoms in total. The van der Waals surface area contributed by atoms with E-state index in [0.29, 0.717) is 29.6 Å². The van der Waals surface area contributed by atoms with E-state index in [-0.39, 0.29) is 6.04 Å². The molecule has 1 heterocycles. The van der Waals surface area contributed by atoms with Crippen molar-refractivity contribution in [1.29, 1.82) is 0 Å². The molecule has 0 aromatic carbocycles. The van der Waals surface area contributed by atoms with Crippen LogP contribution in [0.4, 0.5) is 11.5 Å². The van der Waals surface area contributed by atoms with Crippen molar-refractivity contribution < 1.29 is 9.53 Å². The van der Waals surface area contributed by atoms with Crippen molar-refractivity contribution in [3.63, 3.8) is 0 Å². The van der Waals surface area contributed by atoms with Gasteiger partial charge in [0, 0.05) is 6.04 Å². The largest absolute Gasteiger partial charge is 0.462 e. The minimum atomic E-state index is -0.407. The van der Waals surface area contributed by atoms with Gasteiger partial charge in [-0.3, -0.25) is 0 Å². The summed E-state index contributed by atoms with van der Waals surface area (Å²) in [6.45, 7) is 8.32. The number of hydrogen-bond acceptors (Lipinski definition) is 5. The Balaban J connectivity index is 2.99. The third-order valence-electron chi connectivity index (χ3n) is 2.77. The molecule has 0 saturated carbocycles. The molecule has 1 aromatic heterocycles. The minimum absolute atomic E-state index is 0.203. The fourth-order valence-electron chi connectivity index (χ4n) is 1.34. The van der Waals surface area contributed by atoms with Gasteiger partial charge in [0.2, 0.25) is 0 Å². The van der Waals surface area contributed by atoms with Gasteiger partial charge in [0.05, 0.1) is 18.5 Å². The van der Waals surface area contributed by atoms with Gasteiger partial charge in [0.25, 0.3) is 0 Å². The summed E-state index contributed by atoms with van der Waals surface area (Å²) in [5.41, 5.74) is 6.48. The molecule has 0 saturated heterocycles. The van der Waals surface area contributed by atoms with Crippen LogP contribution >= 0.6 is 0 Å². The van der Waals surface area contributed by atoms with Crippen molar-refractivity contribution >= 4 is 17.5 Å². The zero-order valence-corrected chi connectivity index (χ0v) is 11.4. The van der Waals surface area contributed by atoms with E-state index in [1.54, 1.807) is 13.0 Å². The van der Waals surface area contributed by atoms with Gasteiger partial charge in [-0.2, -0.15) is 0 Å². The van der Waals surface area contributed by atoms with Gasteiger partial charge in [0.1, 0.15) is 11.4 Å². The summed E-state index contributed by atoms with van der Waals surface area (Å²) >= 11 is 0. The summed E-state index contributed by atoms with van der Waals surface area (Å²) in [4.78, 5) is 16.0. The van der Waals surface area contributed by atoms with E-state index in [4.69, 9.17) is 10.5 Å². The molecule has 0 spiro atoms. The van der Waals surface area contributed by atoms with Crippen LogP contribution in [0.25, 0.3) is 0 Å². The molecule has 0 bridgehead atoms. The summed E-state index contributed by atoms with van der Waals surface area (Å²) in [6, 6.07) is 1.79. The van der Waals surface area contributed by atoms with Crippen molar-refractivity contribution in [3.8, 4) is 0 Å². The quantitative estimate of drug-likeness (QED) is 0.785. The van der Waals surface area contributed by atoms with Crippen LogP contribution in [0.2, 0.25) is 0 Å². The van der Waals surface area contributed by atoms with Crippen molar-refractivity contribution in [2.24, 2.45) is 5.92 Å². The standard InChI is InChI=1S/C13H21N3O2/c1-5-18-13(17)11-6-10(14)7-15-12(11)16-9(4)8(2)3/h6-9H,5,14H2,1-4H3,(H,15,16). The lowest BCUT2D eigenvalue weighted by Gasteiger charge is -2.19. The van der Waals surface area contributed by atoms with Crippen molar-refractivity contribution in [1.82, 2.24) is 4.98 Å². The minimum Gasteiger partial charge on any atom is -0.462 e. The third-order valence-corrected chi connectivity index (χ3v) is 2.77. The number of nitrogen functional groups attached to an aromatic ring is 1. The van der Waals surface area contributed by atoms with Crippen LogP contribution in [-0.2, 0) is 4.74 Å². The van der Waals surface area contributed by atoms with Gasteiger partial charge in [0.15, 0.2) is 0 Å². The molecule has 1 unspecified atom stereocenters. The number of anilines is 2. The number of pyridine rings is 1. The molecule has 0 aliphatic carbocycles. The van der Waals surface area contributed by atoms with Gasteiger partial charge in [-0.15, -0.1) is 0 Å². The molecule has 1 atom stereocenters. The fraction of sp³-hybridized carbons (Fsp3) is 0.538. The lowest BCUT2D eigenvalue weighted by Crippen LogP contribution is -2.24. The van der Waals surface area contributed by atoms with Gasteiger partial charge in [-0.1, -0.05) is 13.8 Å². The number of carbonyl (C=O) groups is 1. The van der Waals surface area contributed by atoms with E-state index >= 15 is 0 Å². The van der Waals surface area contributed by atoms with Crippen LogP contribution in [0.5, 0.6) is 0 Å². The predicted molar refractivity (Wildman–Crippen MR) is 72.5 cm³/mol. The molecule has 0 aliphatic rings. The first-order chi connectivity index (χ1) is 8.45. The maximum Gasteiger partial charge on any atom is 0.341 e. The Kier molecular flexibility index (Phi) is 4.95. The Labute approximate surface area is 108 Å². The number of esters is 1. The van der Waals surface area contributed by atoms with Crippen LogP contribution in [0.1, 0.15) is 38.1 Å². The third kappa shape index (κ3) is 3.61. The van der Waals surface area contributed by atoms with Crippen molar-refractivity contribution in [2.75, 3.05) is 17.7 Å². The van der Waals surface area contributed by atoms with Crippen molar-refractivity contribution in [2.45, 2.75) is 33.7 Å². The molecule has 1 aromatic rings. The number of ether oxygens (including phenoxy) is 1. The molecule has 5 heteroatoms. The maximum absolute atomic E-state index is 11.8. The Bertz CT molecular complexity index is 419. The fourth-order valence-corrected chi connectivity index (χ4v) is 1.34. The second-order valence-electron chi connectivity index (χ2n) is 4.56. The average molecular weight is 251 g/mol. The molecular weight excluding hydrogens is 230 g/mol. The van der Waals surface area contributed by atoms with E-state index in [1.807, 2.05) is 6.92 Å². The topological polar surface area (TPSA) is 77.2 Å². The highest BCUT2D eigenvalue weighted by molar-refractivity contribution is 5.95. The highest BCUT2D eigenvalue weighted by Crippen LogP contribution is 2.19. The number of hydrogen-bond donors (Lipinski definition) is 2. The first-order valence-electron chi connectivity index (χ1n) is 6.14. The molecule has 18 heavy (non-hydrogen) atoms. The highest BCUT2D eigenvalue weighted by atomic mass is 16.5. The van der Waals surface area contributed by atoms with Crippen molar-refractivity contribution in [3.05, 3.63) is 17.8 Å². The predicted octanol–water partition coefficient (Wildman–Crippen LogP) is 2.30. The van der Waals surface area contributed by atoms with Gasteiger partial charge < -0.3 is 15.8 Å². The lowest BCUT2D eigenvalue weighted by atomic mass is 10.1. The van der Waals surface area contributed by atoms with E-state index in [1.165, 1.54) is 6.20 Å². The molecule has 1 rings (SSSR count). The molecular formula is C13H21N3O2. The average Bonchev–Trinajstić information content (AvgIpc) is 2.31. The van der Waals surface area contributed by atoms with Gasteiger partial charge >= 0.3 is 5.97 Å². The summed E-state index contributed by atoms with van der Waals surface area (Å²) < 4.78 is 4.99. The molecule has 0 radical (unpaired) electrons. The summed E-state index contributed by atoms with van der Waals surface area (Å²) in [5, 5.41) is 3.21. The molecule has 100 valence electrons. The number of nitrogens with one attached hydrogen (secondary N) is 1. The molecule has 0 fully saturated rings. The van der Waals surface area contributed by atoms with E-state index in [9.17, 15) is 4.79 Å². The SMILES string of the molecule is CCOC(=O)c1cc(N)cnc1NC(C)C(C)C. The monoisotopic (exact) mass is 251 g/mol. The smallest absolute Gasteiger partial charge is 0.341 e. The number of carbonyl (C=O) groups excluding carboxylic acids is 1. The van der Waals surface area contributed by atoms with Crippen LogP contribution in [-0.4, -0.2) is 23.6 Å². The number of aromatic nitrogens is 1. The second kappa shape index (κ2) is 6.23. The molecule has 0 amide bonds. The Morgan fingerprint density at radius 3 is 2.72 bits per heavy atom.